The first-order valence-electron chi connectivity index (χ1n) is 12.4. The second-order valence-corrected chi connectivity index (χ2v) is 10.9. The Kier molecular flexibility index (Phi) is 10.6. The Morgan fingerprint density at radius 2 is 1.26 bits per heavy atom. The molecule has 9 heteroatoms. The van der Waals surface area contributed by atoms with Crippen molar-refractivity contribution < 1.29 is 28.7 Å². The number of Topliss-reactive ketones (excluding diaryl/α,β-unsaturated/α-hetero) is 2. The van der Waals surface area contributed by atoms with E-state index in [9.17, 15) is 24.0 Å². The third-order valence-corrected chi connectivity index (χ3v) is 5.32. The van der Waals surface area contributed by atoms with Crippen LogP contribution in [0.4, 0.5) is 4.79 Å². The first kappa shape index (κ1) is 30.8. The molecule has 0 aliphatic heterocycles. The number of carbonyl (C=O) groups excluding carboxylic acids is 5. The molecule has 1 unspecified atom stereocenters. The van der Waals surface area contributed by atoms with Crippen molar-refractivity contribution in [2.24, 2.45) is 5.41 Å². The average molecular weight is 534 g/mol. The predicted octanol–water partition coefficient (Wildman–Crippen LogP) is 3.25. The molecule has 0 radical (unpaired) electrons. The van der Waals surface area contributed by atoms with Crippen LogP contribution in [-0.2, 0) is 14.3 Å². The van der Waals surface area contributed by atoms with E-state index in [1.54, 1.807) is 90.1 Å². The molecule has 0 heterocycles. The molecule has 0 spiro atoms. The summed E-state index contributed by atoms with van der Waals surface area (Å²) >= 11 is 0. The predicted molar refractivity (Wildman–Crippen MR) is 147 cm³/mol. The molecule has 1 atom stereocenters. The van der Waals surface area contributed by atoms with E-state index in [1.165, 1.54) is 0 Å². The van der Waals surface area contributed by atoms with Gasteiger partial charge in [0.05, 0.1) is 13.1 Å². The minimum Gasteiger partial charge on any atom is -0.444 e. The van der Waals surface area contributed by atoms with Gasteiger partial charge in [-0.1, -0.05) is 56.9 Å². The zero-order valence-corrected chi connectivity index (χ0v) is 23.1. The van der Waals surface area contributed by atoms with Gasteiger partial charge in [0, 0.05) is 22.3 Å². The van der Waals surface area contributed by atoms with Crippen molar-refractivity contribution in [1.82, 2.24) is 16.0 Å². The fourth-order valence-corrected chi connectivity index (χ4v) is 3.33. The van der Waals surface area contributed by atoms with Crippen LogP contribution in [0.25, 0.3) is 0 Å². The second-order valence-electron chi connectivity index (χ2n) is 10.9. The molecular formula is C30H35N3O6. The maximum atomic E-state index is 12.8. The van der Waals surface area contributed by atoms with Gasteiger partial charge in [0.1, 0.15) is 11.6 Å². The van der Waals surface area contributed by atoms with Crippen molar-refractivity contribution >= 4 is 30.0 Å². The lowest BCUT2D eigenvalue weighted by molar-refractivity contribution is -0.125. The third-order valence-electron chi connectivity index (χ3n) is 5.32. The number of ether oxygens (including phenoxy) is 1. The van der Waals surface area contributed by atoms with Crippen molar-refractivity contribution in [1.29, 1.82) is 0 Å². The van der Waals surface area contributed by atoms with E-state index in [0.29, 0.717) is 28.7 Å². The van der Waals surface area contributed by atoms with Gasteiger partial charge in [-0.25, -0.2) is 4.79 Å². The highest BCUT2D eigenvalue weighted by Crippen LogP contribution is 2.20. The van der Waals surface area contributed by atoms with Gasteiger partial charge < -0.3 is 20.7 Å². The Morgan fingerprint density at radius 1 is 0.795 bits per heavy atom. The molecule has 3 amide bonds. The number of benzene rings is 2. The van der Waals surface area contributed by atoms with Crippen molar-refractivity contribution in [3.05, 3.63) is 70.8 Å². The minimum atomic E-state index is -0.905. The second kappa shape index (κ2) is 13.4. The monoisotopic (exact) mass is 533 g/mol. The number of hydrogen-bond acceptors (Lipinski definition) is 6. The SMILES string of the molecule is CC(C)(C)OC(=O)NC(C(=O)NCC(=O)c1ccc(C#Cc2ccc(C(=O)CNC=O)cc2)cc1)C(C)(C)C. The Morgan fingerprint density at radius 3 is 1.67 bits per heavy atom. The van der Waals surface area contributed by atoms with Crippen molar-refractivity contribution in [3.63, 3.8) is 0 Å². The van der Waals surface area contributed by atoms with E-state index >= 15 is 0 Å². The maximum Gasteiger partial charge on any atom is 0.408 e. The van der Waals surface area contributed by atoms with E-state index in [1.807, 2.05) is 0 Å². The van der Waals surface area contributed by atoms with Gasteiger partial charge in [0.15, 0.2) is 11.6 Å². The van der Waals surface area contributed by atoms with Gasteiger partial charge in [0.2, 0.25) is 12.3 Å². The van der Waals surface area contributed by atoms with E-state index in [-0.39, 0.29) is 24.7 Å². The van der Waals surface area contributed by atoms with Crippen molar-refractivity contribution in [2.45, 2.75) is 53.2 Å². The molecule has 3 N–H and O–H groups in total. The van der Waals surface area contributed by atoms with Crippen LogP contribution in [0.15, 0.2) is 48.5 Å². The summed E-state index contributed by atoms with van der Waals surface area (Å²) in [4.78, 5) is 59.9. The molecule has 0 aliphatic rings. The summed E-state index contributed by atoms with van der Waals surface area (Å²) in [5.74, 6) is 5.01. The average Bonchev–Trinajstić information content (AvgIpc) is 2.86. The fraction of sp³-hybridized carbons (Fsp3) is 0.367. The number of hydrogen-bond donors (Lipinski definition) is 3. The van der Waals surface area contributed by atoms with Crippen LogP contribution >= 0.6 is 0 Å². The molecule has 0 saturated heterocycles. The summed E-state index contributed by atoms with van der Waals surface area (Å²) in [5, 5.41) is 7.54. The Balaban J connectivity index is 1.97. The molecule has 2 aromatic rings. The summed E-state index contributed by atoms with van der Waals surface area (Å²) in [7, 11) is 0. The number of amides is 3. The standard InChI is InChI=1S/C30H35N3O6/c1-29(2,3)26(33-28(38)39-30(4,5)6)27(37)32-18-25(36)23-15-11-21(12-16-23)8-7-20-9-13-22(14-10-20)24(35)17-31-19-34/h9-16,19,26H,17-18H2,1-6H3,(H,31,34)(H,32,37)(H,33,38). The molecule has 0 fully saturated rings. The summed E-state index contributed by atoms with van der Waals surface area (Å²) in [6.07, 6.45) is -0.237. The van der Waals surface area contributed by atoms with E-state index in [2.05, 4.69) is 27.8 Å². The Bertz CT molecular complexity index is 1260. The number of rotatable bonds is 9. The number of alkyl carbamates (subject to hydrolysis) is 1. The molecule has 39 heavy (non-hydrogen) atoms. The summed E-state index contributed by atoms with van der Waals surface area (Å²) in [6, 6.07) is 12.5. The molecule has 0 aromatic heterocycles. The third kappa shape index (κ3) is 10.4. The highest BCUT2D eigenvalue weighted by atomic mass is 16.6. The Labute approximate surface area is 229 Å². The number of ketones is 2. The van der Waals surface area contributed by atoms with Crippen LogP contribution in [0.3, 0.4) is 0 Å². The lowest BCUT2D eigenvalue weighted by atomic mass is 9.86. The van der Waals surface area contributed by atoms with Crippen LogP contribution in [0, 0.1) is 17.3 Å². The highest BCUT2D eigenvalue weighted by Gasteiger charge is 2.34. The first-order chi connectivity index (χ1) is 18.2. The summed E-state index contributed by atoms with van der Waals surface area (Å²) < 4.78 is 5.26. The zero-order chi connectivity index (χ0) is 29.2. The summed E-state index contributed by atoms with van der Waals surface area (Å²) in [6.45, 7) is 10.3. The lowest BCUT2D eigenvalue weighted by Gasteiger charge is -2.31. The molecule has 9 nitrogen and oxygen atoms in total. The molecular weight excluding hydrogens is 498 g/mol. The van der Waals surface area contributed by atoms with Crippen LogP contribution in [0.2, 0.25) is 0 Å². The lowest BCUT2D eigenvalue weighted by Crippen LogP contribution is -2.55. The number of carbonyl (C=O) groups is 5. The molecule has 0 aliphatic carbocycles. The summed E-state index contributed by atoms with van der Waals surface area (Å²) in [5.41, 5.74) is 0.926. The van der Waals surface area contributed by atoms with Crippen LogP contribution < -0.4 is 16.0 Å². The Hall–Kier alpha value is -4.45. The molecule has 2 rings (SSSR count). The molecule has 0 saturated carbocycles. The van der Waals surface area contributed by atoms with Crippen molar-refractivity contribution in [2.75, 3.05) is 13.1 Å². The van der Waals surface area contributed by atoms with Gasteiger partial charge >= 0.3 is 6.09 Å². The normalized spacial score (nSPS) is 11.7. The number of nitrogens with one attached hydrogen (secondary N) is 3. The fourth-order valence-electron chi connectivity index (χ4n) is 3.33. The first-order valence-corrected chi connectivity index (χ1v) is 12.4. The van der Waals surface area contributed by atoms with Crippen LogP contribution in [0.1, 0.15) is 73.4 Å². The van der Waals surface area contributed by atoms with Gasteiger partial charge in [-0.3, -0.25) is 19.2 Å². The van der Waals surface area contributed by atoms with E-state index in [4.69, 9.17) is 4.74 Å². The van der Waals surface area contributed by atoms with Gasteiger partial charge in [-0.2, -0.15) is 0 Å². The van der Waals surface area contributed by atoms with Gasteiger partial charge in [-0.05, 0) is 50.5 Å². The van der Waals surface area contributed by atoms with E-state index in [0.717, 1.165) is 0 Å². The smallest absolute Gasteiger partial charge is 0.408 e. The highest BCUT2D eigenvalue weighted by molar-refractivity contribution is 6.00. The van der Waals surface area contributed by atoms with Crippen LogP contribution in [0.5, 0.6) is 0 Å². The largest absolute Gasteiger partial charge is 0.444 e. The van der Waals surface area contributed by atoms with E-state index < -0.39 is 29.1 Å². The van der Waals surface area contributed by atoms with Gasteiger partial charge in [-0.15, -0.1) is 0 Å². The quantitative estimate of drug-likeness (QED) is 0.258. The van der Waals surface area contributed by atoms with Gasteiger partial charge in [0.25, 0.3) is 0 Å². The topological polar surface area (TPSA) is 131 Å². The molecule has 0 bridgehead atoms. The maximum absolute atomic E-state index is 12.8. The van der Waals surface area contributed by atoms with Crippen molar-refractivity contribution in [3.8, 4) is 11.8 Å². The minimum absolute atomic E-state index is 0.0661. The molecule has 206 valence electrons. The molecule has 2 aromatic carbocycles. The van der Waals surface area contributed by atoms with Crippen LogP contribution in [-0.4, -0.2) is 54.7 Å². The zero-order valence-electron chi connectivity index (χ0n) is 23.1.